The van der Waals surface area contributed by atoms with Gasteiger partial charge < -0.3 is 5.11 Å². The van der Waals surface area contributed by atoms with Crippen molar-refractivity contribution in [2.24, 2.45) is 0 Å². The highest BCUT2D eigenvalue weighted by molar-refractivity contribution is 5.86. The Kier molecular flexibility index (Phi) is 2.24. The molecule has 2 aromatic rings. The Bertz CT molecular complexity index is 497. The standard InChI is InChI=1S/C13H13FO/c1-13(2,15)12-5-3-4-9-6-7-10(14)8-11(9)12/h3-8,15H,1-2H3. The normalized spacial score (nSPS) is 12.0. The summed E-state index contributed by atoms with van der Waals surface area (Å²) < 4.78 is 13.1. The highest BCUT2D eigenvalue weighted by Gasteiger charge is 2.18. The quantitative estimate of drug-likeness (QED) is 0.756. The molecule has 1 nitrogen and oxygen atoms in total. The SMILES string of the molecule is CC(C)(O)c1cccc2ccc(F)cc12. The number of hydrogen-bond donors (Lipinski definition) is 1. The number of aliphatic hydroxyl groups is 1. The van der Waals surface area contributed by atoms with Crippen molar-refractivity contribution in [3.05, 3.63) is 47.8 Å². The molecule has 0 spiro atoms. The van der Waals surface area contributed by atoms with Crippen molar-refractivity contribution in [1.82, 2.24) is 0 Å². The summed E-state index contributed by atoms with van der Waals surface area (Å²) in [6.45, 7) is 3.40. The summed E-state index contributed by atoms with van der Waals surface area (Å²) in [5.74, 6) is -0.279. The first-order chi connectivity index (χ1) is 6.98. The van der Waals surface area contributed by atoms with Gasteiger partial charge in [0.1, 0.15) is 5.82 Å². The number of halogens is 1. The van der Waals surface area contributed by atoms with E-state index in [-0.39, 0.29) is 5.82 Å². The predicted molar refractivity (Wildman–Crippen MR) is 59.2 cm³/mol. The number of benzene rings is 2. The summed E-state index contributed by atoms with van der Waals surface area (Å²) in [7, 11) is 0. The molecule has 0 saturated carbocycles. The van der Waals surface area contributed by atoms with E-state index in [2.05, 4.69) is 0 Å². The van der Waals surface area contributed by atoms with Gasteiger partial charge in [-0.1, -0.05) is 24.3 Å². The third kappa shape index (κ3) is 1.85. The fourth-order valence-corrected chi connectivity index (χ4v) is 1.78. The van der Waals surface area contributed by atoms with Crippen molar-refractivity contribution in [2.75, 3.05) is 0 Å². The van der Waals surface area contributed by atoms with Crippen LogP contribution >= 0.6 is 0 Å². The maximum atomic E-state index is 13.1. The topological polar surface area (TPSA) is 20.2 Å². The first-order valence-electron chi connectivity index (χ1n) is 4.89. The van der Waals surface area contributed by atoms with Gasteiger partial charge in [0.25, 0.3) is 0 Å². The molecule has 0 aliphatic carbocycles. The molecule has 78 valence electrons. The molecule has 2 aromatic carbocycles. The van der Waals surface area contributed by atoms with Crippen LogP contribution < -0.4 is 0 Å². The molecule has 0 radical (unpaired) electrons. The molecule has 15 heavy (non-hydrogen) atoms. The van der Waals surface area contributed by atoms with Gasteiger partial charge in [-0.15, -0.1) is 0 Å². The molecule has 0 aliphatic rings. The van der Waals surface area contributed by atoms with E-state index in [0.717, 1.165) is 16.3 Å². The van der Waals surface area contributed by atoms with Crippen molar-refractivity contribution >= 4 is 10.8 Å². The molecule has 0 aromatic heterocycles. The van der Waals surface area contributed by atoms with Gasteiger partial charge in [0, 0.05) is 0 Å². The largest absolute Gasteiger partial charge is 0.386 e. The summed E-state index contributed by atoms with van der Waals surface area (Å²) in [4.78, 5) is 0. The minimum atomic E-state index is -0.951. The first-order valence-corrected chi connectivity index (χ1v) is 4.89. The molecular weight excluding hydrogens is 191 g/mol. The second kappa shape index (κ2) is 3.31. The molecule has 0 fully saturated rings. The molecule has 1 N–H and O–H groups in total. The van der Waals surface area contributed by atoms with Gasteiger partial charge in [-0.25, -0.2) is 4.39 Å². The Hall–Kier alpha value is -1.41. The van der Waals surface area contributed by atoms with Crippen LogP contribution in [-0.4, -0.2) is 5.11 Å². The van der Waals surface area contributed by atoms with Crippen molar-refractivity contribution in [3.63, 3.8) is 0 Å². The second-order valence-corrected chi connectivity index (χ2v) is 4.23. The fourth-order valence-electron chi connectivity index (χ4n) is 1.78. The lowest BCUT2D eigenvalue weighted by Gasteiger charge is -2.19. The van der Waals surface area contributed by atoms with Crippen LogP contribution in [-0.2, 0) is 5.60 Å². The molecule has 0 atom stereocenters. The summed E-state index contributed by atoms with van der Waals surface area (Å²) in [5.41, 5.74) is -0.202. The van der Waals surface area contributed by atoms with E-state index >= 15 is 0 Å². The average molecular weight is 204 g/mol. The zero-order chi connectivity index (χ0) is 11.1. The molecule has 2 heteroatoms. The Balaban J connectivity index is 2.80. The van der Waals surface area contributed by atoms with Gasteiger partial charge in [0.05, 0.1) is 5.60 Å². The van der Waals surface area contributed by atoms with E-state index in [1.165, 1.54) is 12.1 Å². The van der Waals surface area contributed by atoms with E-state index < -0.39 is 5.60 Å². The van der Waals surface area contributed by atoms with Crippen LogP contribution in [0.25, 0.3) is 10.8 Å². The van der Waals surface area contributed by atoms with E-state index in [1.54, 1.807) is 19.9 Å². The molecule has 0 bridgehead atoms. The molecule has 0 aliphatic heterocycles. The second-order valence-electron chi connectivity index (χ2n) is 4.23. The first kappa shape index (κ1) is 10.1. The zero-order valence-electron chi connectivity index (χ0n) is 8.79. The maximum absolute atomic E-state index is 13.1. The average Bonchev–Trinajstić information content (AvgIpc) is 2.15. The molecule has 0 heterocycles. The fraction of sp³-hybridized carbons (Fsp3) is 0.231. The Morgan fingerprint density at radius 2 is 1.87 bits per heavy atom. The van der Waals surface area contributed by atoms with E-state index in [4.69, 9.17) is 0 Å². The van der Waals surface area contributed by atoms with Crippen LogP contribution in [0.1, 0.15) is 19.4 Å². The number of rotatable bonds is 1. The van der Waals surface area contributed by atoms with Gasteiger partial charge in [0.2, 0.25) is 0 Å². The summed E-state index contributed by atoms with van der Waals surface area (Å²) in [6, 6.07) is 10.2. The Morgan fingerprint density at radius 1 is 1.13 bits per heavy atom. The van der Waals surface area contributed by atoms with Gasteiger partial charge in [0.15, 0.2) is 0 Å². The number of fused-ring (bicyclic) bond motifs is 1. The molecule has 2 rings (SSSR count). The minimum absolute atomic E-state index is 0.279. The van der Waals surface area contributed by atoms with Crippen LogP contribution in [0.15, 0.2) is 36.4 Å². The summed E-state index contributed by atoms with van der Waals surface area (Å²) in [6.07, 6.45) is 0. The number of hydrogen-bond acceptors (Lipinski definition) is 1. The van der Waals surface area contributed by atoms with Crippen molar-refractivity contribution in [1.29, 1.82) is 0 Å². The van der Waals surface area contributed by atoms with Crippen LogP contribution in [0.5, 0.6) is 0 Å². The Labute approximate surface area is 88.2 Å². The smallest absolute Gasteiger partial charge is 0.123 e. The molecular formula is C13H13FO. The monoisotopic (exact) mass is 204 g/mol. The van der Waals surface area contributed by atoms with Crippen LogP contribution in [0.3, 0.4) is 0 Å². The minimum Gasteiger partial charge on any atom is -0.386 e. The molecule has 0 saturated heterocycles. The lowest BCUT2D eigenvalue weighted by molar-refractivity contribution is 0.0802. The Morgan fingerprint density at radius 3 is 2.53 bits per heavy atom. The highest BCUT2D eigenvalue weighted by Crippen LogP contribution is 2.28. The third-order valence-electron chi connectivity index (χ3n) is 2.50. The van der Waals surface area contributed by atoms with Crippen molar-refractivity contribution in [3.8, 4) is 0 Å². The third-order valence-corrected chi connectivity index (χ3v) is 2.50. The highest BCUT2D eigenvalue weighted by atomic mass is 19.1. The van der Waals surface area contributed by atoms with E-state index in [1.807, 2.05) is 18.2 Å². The summed E-state index contributed by atoms with van der Waals surface area (Å²) >= 11 is 0. The van der Waals surface area contributed by atoms with Gasteiger partial charge in [-0.3, -0.25) is 0 Å². The van der Waals surface area contributed by atoms with E-state index in [9.17, 15) is 9.50 Å². The van der Waals surface area contributed by atoms with Gasteiger partial charge in [-0.05, 0) is 42.3 Å². The van der Waals surface area contributed by atoms with Crippen LogP contribution in [0.2, 0.25) is 0 Å². The zero-order valence-corrected chi connectivity index (χ0v) is 8.79. The van der Waals surface area contributed by atoms with Crippen molar-refractivity contribution < 1.29 is 9.50 Å². The van der Waals surface area contributed by atoms with Gasteiger partial charge in [-0.2, -0.15) is 0 Å². The van der Waals surface area contributed by atoms with Gasteiger partial charge >= 0.3 is 0 Å². The molecule has 0 amide bonds. The summed E-state index contributed by atoms with van der Waals surface area (Å²) in [5, 5.41) is 11.7. The van der Waals surface area contributed by atoms with Crippen LogP contribution in [0, 0.1) is 5.82 Å². The molecule has 0 unspecified atom stereocenters. The van der Waals surface area contributed by atoms with Crippen LogP contribution in [0.4, 0.5) is 4.39 Å². The maximum Gasteiger partial charge on any atom is 0.123 e. The lowest BCUT2D eigenvalue weighted by Crippen LogP contribution is -2.15. The lowest BCUT2D eigenvalue weighted by atomic mass is 9.92. The van der Waals surface area contributed by atoms with Crippen molar-refractivity contribution in [2.45, 2.75) is 19.4 Å². The van der Waals surface area contributed by atoms with E-state index in [0.29, 0.717) is 0 Å². The predicted octanol–water partition coefficient (Wildman–Crippen LogP) is 3.21.